The Morgan fingerprint density at radius 1 is 1.00 bits per heavy atom. The van der Waals surface area contributed by atoms with Gasteiger partial charge in [0, 0.05) is 6.29 Å². The average molecular weight is 175 g/mol. The Morgan fingerprint density at radius 2 is 1.45 bits per heavy atom. The van der Waals surface area contributed by atoms with Crippen LogP contribution in [0.25, 0.3) is 0 Å². The lowest BCUT2D eigenvalue weighted by molar-refractivity contribution is 0.309. The molecular weight excluding hydrogens is 153 g/mol. The maximum Gasteiger partial charge on any atom is 0.0126 e. The van der Waals surface area contributed by atoms with Crippen LogP contribution in [0, 0.1) is 0 Å². The summed E-state index contributed by atoms with van der Waals surface area (Å²) >= 11 is 0. The van der Waals surface area contributed by atoms with Crippen molar-refractivity contribution >= 4 is 9.24 Å². The number of nitrogens with zero attached hydrogens (tertiary/aromatic N) is 1. The molecule has 0 N–H and O–H groups in total. The van der Waals surface area contributed by atoms with Gasteiger partial charge in [-0.3, -0.25) is 4.90 Å². The molecule has 0 fully saturated rings. The minimum atomic E-state index is 1.14. The first-order valence-corrected chi connectivity index (χ1v) is 5.59. The lowest BCUT2D eigenvalue weighted by Crippen LogP contribution is -2.24. The van der Waals surface area contributed by atoms with E-state index in [-0.39, 0.29) is 0 Å². The Hall–Kier alpha value is 0.390. The van der Waals surface area contributed by atoms with Gasteiger partial charge in [-0.15, -0.1) is 9.24 Å². The third-order valence-corrected chi connectivity index (χ3v) is 2.43. The van der Waals surface area contributed by atoms with Crippen molar-refractivity contribution in [3.63, 3.8) is 0 Å². The van der Waals surface area contributed by atoms with Gasteiger partial charge in [0.2, 0.25) is 0 Å². The third-order valence-electron chi connectivity index (χ3n) is 1.91. The van der Waals surface area contributed by atoms with Crippen LogP contribution in [0.15, 0.2) is 0 Å². The van der Waals surface area contributed by atoms with E-state index in [1.807, 2.05) is 0 Å². The van der Waals surface area contributed by atoms with Crippen molar-refractivity contribution in [1.29, 1.82) is 0 Å². The Kier molecular flexibility index (Phi) is 8.79. The zero-order valence-corrected chi connectivity index (χ0v) is 9.13. The van der Waals surface area contributed by atoms with Gasteiger partial charge in [-0.1, -0.05) is 26.7 Å². The van der Waals surface area contributed by atoms with Crippen LogP contribution in [0.1, 0.15) is 39.5 Å². The second-order valence-electron chi connectivity index (χ2n) is 3.01. The van der Waals surface area contributed by atoms with Crippen molar-refractivity contribution in [2.75, 3.05) is 19.4 Å². The SMILES string of the molecule is CCCCN(CP)CCCC. The van der Waals surface area contributed by atoms with Crippen LogP contribution in [-0.4, -0.2) is 24.3 Å². The van der Waals surface area contributed by atoms with Gasteiger partial charge < -0.3 is 0 Å². The topological polar surface area (TPSA) is 3.24 Å². The first-order chi connectivity index (χ1) is 5.35. The molecule has 0 radical (unpaired) electrons. The smallest absolute Gasteiger partial charge is 0.0126 e. The number of hydrogen-bond acceptors (Lipinski definition) is 1. The van der Waals surface area contributed by atoms with Crippen LogP contribution in [-0.2, 0) is 0 Å². The molecule has 68 valence electrons. The molecule has 0 aromatic heterocycles. The summed E-state index contributed by atoms with van der Waals surface area (Å²) in [7, 11) is 2.81. The fraction of sp³-hybridized carbons (Fsp3) is 1.00. The normalized spacial score (nSPS) is 10.9. The lowest BCUT2D eigenvalue weighted by atomic mass is 10.3. The average Bonchev–Trinajstić information content (AvgIpc) is 2.05. The van der Waals surface area contributed by atoms with Gasteiger partial charge in [0.15, 0.2) is 0 Å². The van der Waals surface area contributed by atoms with E-state index in [1.165, 1.54) is 38.8 Å². The summed E-state index contributed by atoms with van der Waals surface area (Å²) in [5, 5.41) is 0. The summed E-state index contributed by atoms with van der Waals surface area (Å²) < 4.78 is 0. The quantitative estimate of drug-likeness (QED) is 0.538. The van der Waals surface area contributed by atoms with Crippen molar-refractivity contribution in [3.05, 3.63) is 0 Å². The molecule has 2 heteroatoms. The zero-order valence-electron chi connectivity index (χ0n) is 7.97. The number of rotatable bonds is 7. The Morgan fingerprint density at radius 3 is 1.73 bits per heavy atom. The molecule has 0 aliphatic rings. The predicted molar refractivity (Wildman–Crippen MR) is 56.0 cm³/mol. The third kappa shape index (κ3) is 6.77. The molecule has 1 unspecified atom stereocenters. The standard InChI is InChI=1S/C9H22NP/c1-3-5-7-10(9-11)8-6-4-2/h3-9,11H2,1-2H3. The molecule has 0 aliphatic heterocycles. The van der Waals surface area contributed by atoms with E-state index in [1.54, 1.807) is 0 Å². The number of hydrogen-bond donors (Lipinski definition) is 0. The molecule has 0 rings (SSSR count). The van der Waals surface area contributed by atoms with Crippen LogP contribution in [0.4, 0.5) is 0 Å². The van der Waals surface area contributed by atoms with E-state index in [2.05, 4.69) is 28.0 Å². The maximum atomic E-state index is 2.81. The molecule has 0 aromatic carbocycles. The van der Waals surface area contributed by atoms with Crippen LogP contribution >= 0.6 is 9.24 Å². The van der Waals surface area contributed by atoms with Gasteiger partial charge in [0.25, 0.3) is 0 Å². The summed E-state index contributed by atoms with van der Waals surface area (Å²) in [4.78, 5) is 2.51. The molecule has 0 heterocycles. The van der Waals surface area contributed by atoms with Crippen LogP contribution in [0.5, 0.6) is 0 Å². The van der Waals surface area contributed by atoms with Crippen molar-refractivity contribution in [2.24, 2.45) is 0 Å². The minimum absolute atomic E-state index is 1.14. The van der Waals surface area contributed by atoms with E-state index in [4.69, 9.17) is 0 Å². The monoisotopic (exact) mass is 175 g/mol. The van der Waals surface area contributed by atoms with Gasteiger partial charge >= 0.3 is 0 Å². The van der Waals surface area contributed by atoms with Gasteiger partial charge in [0.1, 0.15) is 0 Å². The maximum absolute atomic E-state index is 2.81. The van der Waals surface area contributed by atoms with Crippen molar-refractivity contribution in [3.8, 4) is 0 Å². The molecule has 0 saturated carbocycles. The molecular formula is C9H22NP. The summed E-state index contributed by atoms with van der Waals surface area (Å²) in [5.41, 5.74) is 0. The van der Waals surface area contributed by atoms with Crippen LogP contribution < -0.4 is 0 Å². The predicted octanol–water partition coefficient (Wildman–Crippen LogP) is 2.72. The first kappa shape index (κ1) is 11.4. The van der Waals surface area contributed by atoms with E-state index in [9.17, 15) is 0 Å². The first-order valence-electron chi connectivity index (χ1n) is 4.77. The molecule has 0 spiro atoms. The van der Waals surface area contributed by atoms with Crippen molar-refractivity contribution in [2.45, 2.75) is 39.5 Å². The highest BCUT2D eigenvalue weighted by atomic mass is 31.0. The fourth-order valence-corrected chi connectivity index (χ4v) is 1.42. The minimum Gasteiger partial charge on any atom is -0.300 e. The highest BCUT2D eigenvalue weighted by molar-refractivity contribution is 7.16. The highest BCUT2D eigenvalue weighted by Crippen LogP contribution is 2.00. The molecule has 0 aromatic rings. The summed E-state index contributed by atoms with van der Waals surface area (Å²) in [6.45, 7) is 7.06. The Balaban J connectivity index is 3.25. The van der Waals surface area contributed by atoms with Gasteiger partial charge in [-0.2, -0.15) is 0 Å². The van der Waals surface area contributed by atoms with E-state index >= 15 is 0 Å². The Bertz CT molecular complexity index is 68.0. The fourth-order valence-electron chi connectivity index (χ4n) is 1.06. The van der Waals surface area contributed by atoms with Gasteiger partial charge in [-0.25, -0.2) is 0 Å². The van der Waals surface area contributed by atoms with Crippen LogP contribution in [0.2, 0.25) is 0 Å². The molecule has 0 bridgehead atoms. The molecule has 0 amide bonds. The molecule has 1 nitrogen and oxygen atoms in total. The van der Waals surface area contributed by atoms with Gasteiger partial charge in [0.05, 0.1) is 0 Å². The highest BCUT2D eigenvalue weighted by Gasteiger charge is 1.98. The van der Waals surface area contributed by atoms with E-state index < -0.39 is 0 Å². The van der Waals surface area contributed by atoms with Crippen molar-refractivity contribution in [1.82, 2.24) is 4.90 Å². The van der Waals surface area contributed by atoms with Crippen molar-refractivity contribution < 1.29 is 0 Å². The van der Waals surface area contributed by atoms with Gasteiger partial charge in [-0.05, 0) is 25.9 Å². The zero-order chi connectivity index (χ0) is 8.53. The second kappa shape index (κ2) is 8.49. The molecule has 11 heavy (non-hydrogen) atoms. The second-order valence-corrected chi connectivity index (χ2v) is 3.37. The molecule has 1 atom stereocenters. The summed E-state index contributed by atoms with van der Waals surface area (Å²) in [6, 6.07) is 0. The molecule has 0 saturated heterocycles. The number of unbranched alkanes of at least 4 members (excludes halogenated alkanes) is 2. The van der Waals surface area contributed by atoms with E-state index in [0.717, 1.165) is 6.29 Å². The largest absolute Gasteiger partial charge is 0.300 e. The lowest BCUT2D eigenvalue weighted by Gasteiger charge is -2.18. The molecule has 0 aliphatic carbocycles. The summed E-state index contributed by atoms with van der Waals surface area (Å²) in [6.07, 6.45) is 6.46. The van der Waals surface area contributed by atoms with E-state index in [0.29, 0.717) is 0 Å². The Labute approximate surface area is 73.7 Å². The summed E-state index contributed by atoms with van der Waals surface area (Å²) in [5.74, 6) is 0. The van der Waals surface area contributed by atoms with Crippen LogP contribution in [0.3, 0.4) is 0 Å².